The minimum absolute atomic E-state index is 0.188. The molecule has 5 nitrogen and oxygen atoms in total. The maximum atomic E-state index is 13.6. The zero-order chi connectivity index (χ0) is 18.2. The van der Waals surface area contributed by atoms with Crippen molar-refractivity contribution in [2.75, 3.05) is 4.72 Å². The van der Waals surface area contributed by atoms with Crippen molar-refractivity contribution in [3.63, 3.8) is 0 Å². The predicted octanol–water partition coefficient (Wildman–Crippen LogP) is 3.22. The second-order valence-corrected chi connectivity index (χ2v) is 6.74. The summed E-state index contributed by atoms with van der Waals surface area (Å²) in [6.07, 6.45) is 0. The first-order valence-electron chi connectivity index (χ1n) is 6.55. The molecule has 0 spiro atoms. The van der Waals surface area contributed by atoms with E-state index >= 15 is 0 Å². The van der Waals surface area contributed by atoms with Gasteiger partial charge in [-0.15, -0.1) is 0 Å². The summed E-state index contributed by atoms with van der Waals surface area (Å²) in [7, 11) is -4.49. The van der Waals surface area contributed by atoms with Gasteiger partial charge in [0.25, 0.3) is 10.0 Å². The van der Waals surface area contributed by atoms with E-state index in [0.717, 1.165) is 6.07 Å². The summed E-state index contributed by atoms with van der Waals surface area (Å²) in [6.45, 7) is 2.89. The van der Waals surface area contributed by atoms with Crippen LogP contribution in [-0.2, 0) is 10.0 Å². The van der Waals surface area contributed by atoms with Gasteiger partial charge in [-0.1, -0.05) is 6.07 Å². The lowest BCUT2D eigenvalue weighted by atomic mass is 10.1. The number of carboxylic acid groups (broad SMARTS) is 1. The summed E-state index contributed by atoms with van der Waals surface area (Å²) < 4.78 is 66.6. The van der Waals surface area contributed by atoms with Crippen molar-refractivity contribution >= 4 is 21.7 Å². The van der Waals surface area contributed by atoms with E-state index in [4.69, 9.17) is 5.11 Å². The number of aryl methyl sites for hydroxylation is 2. The first-order chi connectivity index (χ1) is 11.0. The van der Waals surface area contributed by atoms with Gasteiger partial charge in [-0.2, -0.15) is 0 Å². The molecule has 0 unspecified atom stereocenters. The van der Waals surface area contributed by atoms with Crippen LogP contribution in [0, 0.1) is 31.3 Å². The van der Waals surface area contributed by atoms with Crippen LogP contribution in [-0.4, -0.2) is 19.5 Å². The number of carbonyl (C=O) groups is 1. The Bertz CT molecular complexity index is 919. The molecule has 2 aromatic carbocycles. The molecule has 2 rings (SSSR count). The quantitative estimate of drug-likeness (QED) is 0.878. The molecule has 0 aliphatic rings. The van der Waals surface area contributed by atoms with Crippen molar-refractivity contribution in [1.82, 2.24) is 0 Å². The van der Waals surface area contributed by atoms with Crippen molar-refractivity contribution in [3.8, 4) is 0 Å². The number of carboxylic acids is 1. The average molecular weight is 359 g/mol. The Hall–Kier alpha value is -2.55. The normalized spacial score (nSPS) is 11.4. The maximum Gasteiger partial charge on any atom is 0.335 e. The Kier molecular flexibility index (Phi) is 4.57. The monoisotopic (exact) mass is 359 g/mol. The standard InChI is InChI=1S/C15H12F3NO4S/c1-7-3-8(2)13(6-10(7)15(20)21)24(22,23)19-14-11(17)4-9(16)5-12(14)18/h3-6,19H,1-2H3,(H,20,21). The minimum atomic E-state index is -4.49. The van der Waals surface area contributed by atoms with Crippen molar-refractivity contribution < 1.29 is 31.5 Å². The van der Waals surface area contributed by atoms with Crippen LogP contribution in [0.1, 0.15) is 21.5 Å². The third-order valence-electron chi connectivity index (χ3n) is 3.29. The highest BCUT2D eigenvalue weighted by Crippen LogP contribution is 2.26. The van der Waals surface area contributed by atoms with Gasteiger partial charge in [-0.05, 0) is 31.0 Å². The van der Waals surface area contributed by atoms with Crippen molar-refractivity contribution in [2.45, 2.75) is 18.7 Å². The van der Waals surface area contributed by atoms with E-state index in [1.165, 1.54) is 19.9 Å². The molecule has 0 aliphatic carbocycles. The molecule has 0 fully saturated rings. The van der Waals surface area contributed by atoms with Crippen LogP contribution in [0.15, 0.2) is 29.2 Å². The lowest BCUT2D eigenvalue weighted by molar-refractivity contribution is 0.0696. The molecule has 0 saturated carbocycles. The molecule has 0 atom stereocenters. The summed E-state index contributed by atoms with van der Waals surface area (Å²) in [5.74, 6) is -5.41. The maximum absolute atomic E-state index is 13.6. The zero-order valence-electron chi connectivity index (χ0n) is 12.5. The Balaban J connectivity index is 2.57. The largest absolute Gasteiger partial charge is 0.478 e. The van der Waals surface area contributed by atoms with Gasteiger partial charge in [0.2, 0.25) is 0 Å². The van der Waals surface area contributed by atoms with Crippen molar-refractivity contribution in [1.29, 1.82) is 0 Å². The fourth-order valence-corrected chi connectivity index (χ4v) is 3.51. The molecule has 0 aromatic heterocycles. The lowest BCUT2D eigenvalue weighted by Gasteiger charge is -2.13. The topological polar surface area (TPSA) is 83.5 Å². The van der Waals surface area contributed by atoms with Crippen LogP contribution in [0.5, 0.6) is 0 Å². The first kappa shape index (κ1) is 17.8. The summed E-state index contributed by atoms with van der Waals surface area (Å²) in [5.41, 5.74) is -0.791. The molecule has 2 N–H and O–H groups in total. The fourth-order valence-electron chi connectivity index (χ4n) is 2.18. The molecular formula is C15H12F3NO4S. The highest BCUT2D eigenvalue weighted by atomic mass is 32.2. The van der Waals surface area contributed by atoms with Gasteiger partial charge in [-0.25, -0.2) is 26.4 Å². The van der Waals surface area contributed by atoms with E-state index in [-0.39, 0.29) is 11.1 Å². The SMILES string of the molecule is Cc1cc(C)c(S(=O)(=O)Nc2c(F)cc(F)cc2F)cc1C(=O)O. The number of hydrogen-bond acceptors (Lipinski definition) is 3. The molecule has 2 aromatic rings. The molecule has 9 heteroatoms. The van der Waals surface area contributed by atoms with Crippen molar-refractivity contribution in [2.24, 2.45) is 0 Å². The number of nitrogens with one attached hydrogen (secondary N) is 1. The summed E-state index contributed by atoms with van der Waals surface area (Å²) in [6, 6.07) is 2.88. The van der Waals surface area contributed by atoms with E-state index in [1.807, 2.05) is 0 Å². The number of halogens is 3. The summed E-state index contributed by atoms with van der Waals surface area (Å²) in [4.78, 5) is 10.7. The molecule has 0 saturated heterocycles. The Labute approximate surface area is 135 Å². The third kappa shape index (κ3) is 3.35. The Morgan fingerprint density at radius 1 is 1.00 bits per heavy atom. The van der Waals surface area contributed by atoms with E-state index in [1.54, 1.807) is 4.72 Å². The highest BCUT2D eigenvalue weighted by Gasteiger charge is 2.24. The lowest BCUT2D eigenvalue weighted by Crippen LogP contribution is -2.17. The third-order valence-corrected chi connectivity index (χ3v) is 4.78. The second-order valence-electron chi connectivity index (χ2n) is 5.09. The van der Waals surface area contributed by atoms with Crippen molar-refractivity contribution in [3.05, 3.63) is 58.4 Å². The Morgan fingerprint density at radius 2 is 1.54 bits per heavy atom. The number of benzene rings is 2. The summed E-state index contributed by atoms with van der Waals surface area (Å²) in [5, 5.41) is 9.08. The van der Waals surface area contributed by atoms with Gasteiger partial charge in [0.05, 0.1) is 10.5 Å². The first-order valence-corrected chi connectivity index (χ1v) is 8.03. The van der Waals surface area contributed by atoms with E-state index in [0.29, 0.717) is 17.7 Å². The number of hydrogen-bond donors (Lipinski definition) is 2. The van der Waals surface area contributed by atoms with Crippen LogP contribution in [0.4, 0.5) is 18.9 Å². The number of aromatic carboxylic acids is 1. The van der Waals surface area contributed by atoms with Gasteiger partial charge in [0, 0.05) is 12.1 Å². The van der Waals surface area contributed by atoms with Crippen LogP contribution >= 0.6 is 0 Å². The second kappa shape index (κ2) is 6.16. The highest BCUT2D eigenvalue weighted by molar-refractivity contribution is 7.92. The van der Waals surface area contributed by atoms with E-state index in [9.17, 15) is 26.4 Å². The Morgan fingerprint density at radius 3 is 2.04 bits per heavy atom. The minimum Gasteiger partial charge on any atom is -0.478 e. The molecule has 0 radical (unpaired) electrons. The van der Waals surface area contributed by atoms with Crippen LogP contribution in [0.3, 0.4) is 0 Å². The molecule has 0 bridgehead atoms. The van der Waals surface area contributed by atoms with Gasteiger partial charge in [0.1, 0.15) is 11.5 Å². The molecule has 24 heavy (non-hydrogen) atoms. The smallest absolute Gasteiger partial charge is 0.335 e. The average Bonchev–Trinajstić information content (AvgIpc) is 2.42. The van der Waals surface area contributed by atoms with E-state index in [2.05, 4.69) is 0 Å². The molecular weight excluding hydrogens is 347 g/mol. The van der Waals surface area contributed by atoms with Gasteiger partial charge >= 0.3 is 5.97 Å². The number of rotatable bonds is 4. The fraction of sp³-hybridized carbons (Fsp3) is 0.133. The van der Waals surface area contributed by atoms with Crippen LogP contribution in [0.2, 0.25) is 0 Å². The van der Waals surface area contributed by atoms with Gasteiger partial charge < -0.3 is 5.11 Å². The van der Waals surface area contributed by atoms with E-state index < -0.39 is 44.0 Å². The number of sulfonamides is 1. The van der Waals surface area contributed by atoms with Crippen LogP contribution < -0.4 is 4.72 Å². The summed E-state index contributed by atoms with van der Waals surface area (Å²) >= 11 is 0. The molecule has 0 heterocycles. The molecule has 128 valence electrons. The predicted molar refractivity (Wildman–Crippen MR) is 80.0 cm³/mol. The zero-order valence-corrected chi connectivity index (χ0v) is 13.3. The van der Waals surface area contributed by atoms with Gasteiger partial charge in [-0.3, -0.25) is 4.72 Å². The number of anilines is 1. The van der Waals surface area contributed by atoms with Gasteiger partial charge in [0.15, 0.2) is 11.6 Å². The molecule has 0 aliphatic heterocycles. The molecule has 0 amide bonds. The van der Waals surface area contributed by atoms with Crippen LogP contribution in [0.25, 0.3) is 0 Å².